The van der Waals surface area contributed by atoms with Gasteiger partial charge in [0.2, 0.25) is 0 Å². The van der Waals surface area contributed by atoms with Crippen LogP contribution in [0.3, 0.4) is 0 Å². The minimum absolute atomic E-state index is 0.170. The molecule has 0 saturated heterocycles. The monoisotopic (exact) mass is 338 g/mol. The number of ether oxygens (including phenoxy) is 1. The molecule has 2 atom stereocenters. The van der Waals surface area contributed by atoms with Gasteiger partial charge in [0, 0.05) is 27.0 Å². The number of halogens is 2. The van der Waals surface area contributed by atoms with Crippen LogP contribution in [-0.2, 0) is 0 Å². The van der Waals surface area contributed by atoms with Gasteiger partial charge >= 0.3 is 0 Å². The lowest BCUT2D eigenvalue weighted by molar-refractivity contribution is 0.0654. The molecule has 0 radical (unpaired) electrons. The Morgan fingerprint density at radius 2 is 1.95 bits per heavy atom. The Bertz CT molecular complexity index is 615. The molecule has 0 saturated carbocycles. The lowest BCUT2D eigenvalue weighted by Gasteiger charge is -2.30. The van der Waals surface area contributed by atoms with Crippen LogP contribution < -0.4 is 4.74 Å². The van der Waals surface area contributed by atoms with Crippen LogP contribution in [0, 0.1) is 0 Å². The fourth-order valence-corrected chi connectivity index (χ4v) is 3.29. The summed E-state index contributed by atoms with van der Waals surface area (Å²) in [6, 6.07) is 13.2. The predicted octanol–water partition coefficient (Wildman–Crippen LogP) is 4.66. The van der Waals surface area contributed by atoms with E-state index in [9.17, 15) is 5.11 Å². The van der Waals surface area contributed by atoms with Crippen LogP contribution in [0.4, 0.5) is 0 Å². The molecular weight excluding hydrogens is 328 g/mol. The molecule has 0 fully saturated rings. The van der Waals surface area contributed by atoms with Crippen molar-refractivity contribution in [3.8, 4) is 5.75 Å². The largest absolute Gasteiger partial charge is 0.485 e. The molecule has 98 valence electrons. The van der Waals surface area contributed by atoms with Crippen LogP contribution in [0.2, 0.25) is 5.02 Å². The Kier molecular flexibility index (Phi) is 3.52. The first-order valence-electron chi connectivity index (χ1n) is 6.04. The molecule has 1 heterocycles. The van der Waals surface area contributed by atoms with Crippen LogP contribution in [0.25, 0.3) is 0 Å². The van der Waals surface area contributed by atoms with Gasteiger partial charge in [-0.15, -0.1) is 0 Å². The van der Waals surface area contributed by atoms with Gasteiger partial charge in [-0.1, -0.05) is 51.8 Å². The second-order valence-corrected chi connectivity index (χ2v) is 5.85. The number of hydrogen-bond acceptors (Lipinski definition) is 2. The van der Waals surface area contributed by atoms with Crippen molar-refractivity contribution in [3.05, 3.63) is 63.1 Å². The summed E-state index contributed by atoms with van der Waals surface area (Å²) >= 11 is 9.44. The zero-order chi connectivity index (χ0) is 13.4. The summed E-state index contributed by atoms with van der Waals surface area (Å²) in [6.45, 7) is 0. The quantitative estimate of drug-likeness (QED) is 0.819. The zero-order valence-corrected chi connectivity index (χ0v) is 12.4. The average Bonchev–Trinajstić information content (AvgIpc) is 2.38. The zero-order valence-electron chi connectivity index (χ0n) is 10.0. The molecule has 0 spiro atoms. The number of rotatable bonds is 1. The lowest BCUT2D eigenvalue weighted by atomic mass is 9.95. The van der Waals surface area contributed by atoms with Crippen molar-refractivity contribution in [1.29, 1.82) is 0 Å². The Morgan fingerprint density at radius 1 is 1.16 bits per heavy atom. The molecule has 0 bridgehead atoms. The van der Waals surface area contributed by atoms with E-state index in [1.165, 1.54) is 0 Å². The highest BCUT2D eigenvalue weighted by Gasteiger charge is 2.28. The first-order chi connectivity index (χ1) is 9.15. The van der Waals surface area contributed by atoms with Crippen LogP contribution in [0.15, 0.2) is 46.9 Å². The van der Waals surface area contributed by atoms with Gasteiger partial charge in [-0.05, 0) is 18.2 Å². The molecule has 0 aromatic heterocycles. The molecule has 1 unspecified atom stereocenters. The van der Waals surface area contributed by atoms with Crippen LogP contribution in [0.1, 0.15) is 29.8 Å². The summed E-state index contributed by atoms with van der Waals surface area (Å²) in [4.78, 5) is 0. The van der Waals surface area contributed by atoms with E-state index in [4.69, 9.17) is 16.3 Å². The van der Waals surface area contributed by atoms with Gasteiger partial charge in [-0.3, -0.25) is 0 Å². The Balaban J connectivity index is 1.97. The van der Waals surface area contributed by atoms with Crippen molar-refractivity contribution < 1.29 is 9.84 Å². The second kappa shape index (κ2) is 5.16. The number of aliphatic hydroxyl groups is 1. The van der Waals surface area contributed by atoms with Crippen LogP contribution in [-0.4, -0.2) is 5.11 Å². The number of fused-ring (bicyclic) bond motifs is 1. The highest BCUT2D eigenvalue weighted by molar-refractivity contribution is 9.10. The van der Waals surface area contributed by atoms with Crippen molar-refractivity contribution in [2.75, 3.05) is 0 Å². The maximum atomic E-state index is 10.2. The summed E-state index contributed by atoms with van der Waals surface area (Å²) in [5.41, 5.74) is 1.85. The van der Waals surface area contributed by atoms with E-state index in [0.717, 1.165) is 21.3 Å². The average molecular weight is 340 g/mol. The fraction of sp³-hybridized carbons (Fsp3) is 0.200. The van der Waals surface area contributed by atoms with Gasteiger partial charge in [0.1, 0.15) is 11.9 Å². The van der Waals surface area contributed by atoms with E-state index in [2.05, 4.69) is 15.9 Å². The van der Waals surface area contributed by atoms with Gasteiger partial charge < -0.3 is 9.84 Å². The lowest BCUT2D eigenvalue weighted by Crippen LogP contribution is -2.19. The summed E-state index contributed by atoms with van der Waals surface area (Å²) < 4.78 is 6.88. The SMILES string of the molecule is O[C@H]1CC(c2ccc(Cl)cc2Br)Oc2ccccc21. The molecular formula is C15H12BrClO2. The first kappa shape index (κ1) is 13.0. The molecule has 1 aliphatic heterocycles. The van der Waals surface area contributed by atoms with Gasteiger partial charge in [0.25, 0.3) is 0 Å². The predicted molar refractivity (Wildman–Crippen MR) is 78.5 cm³/mol. The summed E-state index contributed by atoms with van der Waals surface area (Å²) in [5.74, 6) is 0.744. The molecule has 2 nitrogen and oxygen atoms in total. The van der Waals surface area contributed by atoms with Crippen molar-refractivity contribution >= 4 is 27.5 Å². The van der Waals surface area contributed by atoms with Crippen molar-refractivity contribution in [2.45, 2.75) is 18.6 Å². The first-order valence-corrected chi connectivity index (χ1v) is 7.21. The maximum absolute atomic E-state index is 10.2. The van der Waals surface area contributed by atoms with Crippen molar-refractivity contribution in [2.24, 2.45) is 0 Å². The molecule has 1 aliphatic rings. The molecule has 2 aromatic rings. The Hall–Kier alpha value is -1.03. The van der Waals surface area contributed by atoms with E-state index < -0.39 is 6.10 Å². The van der Waals surface area contributed by atoms with E-state index in [0.29, 0.717) is 11.4 Å². The normalized spacial score (nSPS) is 21.6. The summed E-state index contributed by atoms with van der Waals surface area (Å²) in [6.07, 6.45) is -0.133. The van der Waals surface area contributed by atoms with Gasteiger partial charge in [-0.2, -0.15) is 0 Å². The Labute approximate surface area is 125 Å². The van der Waals surface area contributed by atoms with Gasteiger partial charge in [0.15, 0.2) is 0 Å². The molecule has 1 N–H and O–H groups in total. The van der Waals surface area contributed by atoms with Gasteiger partial charge in [0.05, 0.1) is 6.10 Å². The van der Waals surface area contributed by atoms with E-state index in [1.807, 2.05) is 42.5 Å². The third kappa shape index (κ3) is 2.50. The van der Waals surface area contributed by atoms with Crippen LogP contribution >= 0.6 is 27.5 Å². The summed E-state index contributed by atoms with van der Waals surface area (Å²) in [7, 11) is 0. The van der Waals surface area contributed by atoms with Crippen molar-refractivity contribution in [1.82, 2.24) is 0 Å². The number of aliphatic hydroxyl groups excluding tert-OH is 1. The smallest absolute Gasteiger partial charge is 0.128 e. The number of benzene rings is 2. The molecule has 4 heteroatoms. The third-order valence-electron chi connectivity index (χ3n) is 3.29. The van der Waals surface area contributed by atoms with E-state index in [-0.39, 0.29) is 6.10 Å². The molecule has 0 aliphatic carbocycles. The molecule has 3 rings (SSSR count). The third-order valence-corrected chi connectivity index (χ3v) is 4.22. The highest BCUT2D eigenvalue weighted by atomic mass is 79.9. The topological polar surface area (TPSA) is 29.5 Å². The second-order valence-electron chi connectivity index (χ2n) is 4.56. The molecule has 19 heavy (non-hydrogen) atoms. The Morgan fingerprint density at radius 3 is 2.74 bits per heavy atom. The number of hydrogen-bond donors (Lipinski definition) is 1. The minimum atomic E-state index is -0.502. The highest BCUT2D eigenvalue weighted by Crippen LogP contribution is 2.42. The molecule has 0 amide bonds. The van der Waals surface area contributed by atoms with Gasteiger partial charge in [-0.25, -0.2) is 0 Å². The van der Waals surface area contributed by atoms with Crippen LogP contribution in [0.5, 0.6) is 5.75 Å². The summed E-state index contributed by atoms with van der Waals surface area (Å²) in [5, 5.41) is 10.9. The maximum Gasteiger partial charge on any atom is 0.128 e. The minimum Gasteiger partial charge on any atom is -0.485 e. The van der Waals surface area contributed by atoms with E-state index in [1.54, 1.807) is 0 Å². The van der Waals surface area contributed by atoms with Crippen molar-refractivity contribution in [3.63, 3.8) is 0 Å². The molecule has 2 aromatic carbocycles. The van der Waals surface area contributed by atoms with E-state index >= 15 is 0 Å². The standard InChI is InChI=1S/C15H12BrClO2/c16-12-7-9(17)5-6-10(12)15-8-13(18)11-3-1-2-4-14(11)19-15/h1-7,13,15,18H,8H2/t13-,15?/m0/s1. The number of para-hydroxylation sites is 1. The fourth-order valence-electron chi connectivity index (χ4n) is 2.35.